The van der Waals surface area contributed by atoms with Crippen molar-refractivity contribution in [3.05, 3.63) is 60.7 Å². The Balaban J connectivity index is 1.30. The zero-order chi connectivity index (χ0) is 18.7. The molecule has 0 aliphatic carbocycles. The first-order valence-corrected chi connectivity index (χ1v) is 9.80. The smallest absolute Gasteiger partial charge is 0.191 e. The number of rotatable bonds is 8. The molecule has 2 aromatic carbocycles. The van der Waals surface area contributed by atoms with Crippen molar-refractivity contribution in [1.82, 2.24) is 10.6 Å². The highest BCUT2D eigenvalue weighted by molar-refractivity contribution is 5.80. The maximum Gasteiger partial charge on any atom is 0.191 e. The third-order valence-electron chi connectivity index (χ3n) is 4.75. The maximum atomic E-state index is 5.72. The molecule has 0 saturated carbocycles. The Morgan fingerprint density at radius 1 is 1.07 bits per heavy atom. The molecule has 27 heavy (non-hydrogen) atoms. The monoisotopic (exact) mass is 366 g/mol. The van der Waals surface area contributed by atoms with Gasteiger partial charge in [0.2, 0.25) is 0 Å². The summed E-state index contributed by atoms with van der Waals surface area (Å²) in [6.07, 6.45) is 3.19. The summed E-state index contributed by atoms with van der Waals surface area (Å²) in [5, 5.41) is 6.96. The maximum absolute atomic E-state index is 5.72. The van der Waals surface area contributed by atoms with E-state index < -0.39 is 0 Å². The van der Waals surface area contributed by atoms with E-state index in [1.807, 2.05) is 37.4 Å². The van der Waals surface area contributed by atoms with Crippen LogP contribution in [0, 0.1) is 0 Å². The van der Waals surface area contributed by atoms with Crippen LogP contribution in [0.15, 0.2) is 65.7 Å². The molecule has 0 amide bonds. The number of para-hydroxylation sites is 2. The lowest BCUT2D eigenvalue weighted by molar-refractivity contribution is 0.307. The lowest BCUT2D eigenvalue weighted by Crippen LogP contribution is -2.44. The molecule has 2 N–H and O–H groups in total. The van der Waals surface area contributed by atoms with Gasteiger partial charge in [-0.1, -0.05) is 36.4 Å². The molecule has 1 atom stereocenters. The Morgan fingerprint density at radius 3 is 2.56 bits per heavy atom. The van der Waals surface area contributed by atoms with Crippen LogP contribution in [0.25, 0.3) is 0 Å². The summed E-state index contributed by atoms with van der Waals surface area (Å²) in [6, 6.07) is 21.0. The predicted molar refractivity (Wildman–Crippen MR) is 113 cm³/mol. The quantitative estimate of drug-likeness (QED) is 0.428. The Bertz CT molecular complexity index is 690. The minimum absolute atomic E-state index is 0.429. The Kier molecular flexibility index (Phi) is 7.39. The fourth-order valence-electron chi connectivity index (χ4n) is 3.28. The number of anilines is 1. The van der Waals surface area contributed by atoms with Crippen molar-refractivity contribution in [1.29, 1.82) is 0 Å². The number of hydrogen-bond acceptors (Lipinski definition) is 3. The highest BCUT2D eigenvalue weighted by Gasteiger charge is 2.23. The average Bonchev–Trinajstić information content (AvgIpc) is 3.19. The van der Waals surface area contributed by atoms with Gasteiger partial charge in [0.1, 0.15) is 5.75 Å². The molecule has 1 aliphatic heterocycles. The third-order valence-corrected chi connectivity index (χ3v) is 4.75. The normalized spacial score (nSPS) is 17.0. The van der Waals surface area contributed by atoms with Gasteiger partial charge in [0.25, 0.3) is 0 Å². The van der Waals surface area contributed by atoms with E-state index in [9.17, 15) is 0 Å². The van der Waals surface area contributed by atoms with E-state index in [1.54, 1.807) is 0 Å². The van der Waals surface area contributed by atoms with Crippen molar-refractivity contribution >= 4 is 11.6 Å². The van der Waals surface area contributed by atoms with E-state index in [4.69, 9.17) is 4.74 Å². The molecule has 144 valence electrons. The summed E-state index contributed by atoms with van der Waals surface area (Å²) in [4.78, 5) is 6.78. The predicted octanol–water partition coefficient (Wildman–Crippen LogP) is 3.29. The summed E-state index contributed by atoms with van der Waals surface area (Å²) in [6.45, 7) is 3.73. The number of aliphatic imine (C=N–C) groups is 1. The van der Waals surface area contributed by atoms with Gasteiger partial charge in [-0.05, 0) is 43.5 Å². The van der Waals surface area contributed by atoms with Gasteiger partial charge in [-0.25, -0.2) is 0 Å². The van der Waals surface area contributed by atoms with Crippen LogP contribution >= 0.6 is 0 Å². The molecule has 0 radical (unpaired) electrons. The highest BCUT2D eigenvalue weighted by atomic mass is 16.5. The summed E-state index contributed by atoms with van der Waals surface area (Å²) in [7, 11) is 1.83. The second kappa shape index (κ2) is 10.5. The summed E-state index contributed by atoms with van der Waals surface area (Å²) >= 11 is 0. The summed E-state index contributed by atoms with van der Waals surface area (Å²) in [5.41, 5.74) is 1.29. The Labute approximate surface area is 162 Å². The molecule has 5 heteroatoms. The van der Waals surface area contributed by atoms with E-state index >= 15 is 0 Å². The molecule has 3 rings (SSSR count). The number of ether oxygens (including phenoxy) is 1. The lowest BCUT2D eigenvalue weighted by atomic mass is 10.2. The van der Waals surface area contributed by atoms with Gasteiger partial charge in [0.15, 0.2) is 5.96 Å². The lowest BCUT2D eigenvalue weighted by Gasteiger charge is -2.20. The summed E-state index contributed by atoms with van der Waals surface area (Å²) < 4.78 is 5.72. The van der Waals surface area contributed by atoms with E-state index in [1.165, 1.54) is 5.69 Å². The van der Waals surface area contributed by atoms with Crippen LogP contribution < -0.4 is 20.3 Å². The highest BCUT2D eigenvalue weighted by Crippen LogP contribution is 2.19. The minimum atomic E-state index is 0.429. The number of benzene rings is 2. The SMILES string of the molecule is CN=C(NCCCCOc1ccccc1)NC1CCN(c2ccccc2)C1. The molecule has 1 saturated heterocycles. The molecule has 2 aromatic rings. The Morgan fingerprint density at radius 2 is 1.81 bits per heavy atom. The van der Waals surface area contributed by atoms with Gasteiger partial charge < -0.3 is 20.3 Å². The van der Waals surface area contributed by atoms with Crippen LogP contribution in [0.5, 0.6) is 5.75 Å². The van der Waals surface area contributed by atoms with Gasteiger partial charge in [0, 0.05) is 38.4 Å². The molecule has 5 nitrogen and oxygen atoms in total. The molecule has 1 fully saturated rings. The number of unbranched alkanes of at least 4 members (excludes halogenated alkanes) is 1. The average molecular weight is 367 g/mol. The van der Waals surface area contributed by atoms with Gasteiger partial charge in [0.05, 0.1) is 6.61 Å². The van der Waals surface area contributed by atoms with Crippen LogP contribution in [0.4, 0.5) is 5.69 Å². The summed E-state index contributed by atoms with van der Waals surface area (Å²) in [5.74, 6) is 1.83. The van der Waals surface area contributed by atoms with Crippen molar-refractivity contribution in [3.8, 4) is 5.75 Å². The van der Waals surface area contributed by atoms with Crippen LogP contribution in [0.3, 0.4) is 0 Å². The molecular weight excluding hydrogens is 336 g/mol. The van der Waals surface area contributed by atoms with E-state index in [-0.39, 0.29) is 0 Å². The zero-order valence-corrected chi connectivity index (χ0v) is 16.1. The van der Waals surface area contributed by atoms with Gasteiger partial charge >= 0.3 is 0 Å². The zero-order valence-electron chi connectivity index (χ0n) is 16.1. The fraction of sp³-hybridized carbons (Fsp3) is 0.409. The van der Waals surface area contributed by atoms with Crippen LogP contribution in [0.1, 0.15) is 19.3 Å². The molecule has 1 aliphatic rings. The van der Waals surface area contributed by atoms with Gasteiger partial charge in [-0.3, -0.25) is 4.99 Å². The van der Waals surface area contributed by atoms with Crippen molar-refractivity contribution in [2.45, 2.75) is 25.3 Å². The number of hydrogen-bond donors (Lipinski definition) is 2. The first-order chi connectivity index (χ1) is 13.3. The molecule has 0 spiro atoms. The number of guanidine groups is 1. The second-order valence-electron chi connectivity index (χ2n) is 6.78. The van der Waals surface area contributed by atoms with E-state index in [2.05, 4.69) is 50.9 Å². The van der Waals surface area contributed by atoms with Gasteiger partial charge in [-0.2, -0.15) is 0 Å². The molecule has 0 aromatic heterocycles. The van der Waals surface area contributed by atoms with Crippen molar-refractivity contribution in [2.75, 3.05) is 38.2 Å². The largest absolute Gasteiger partial charge is 0.494 e. The Hall–Kier alpha value is -2.69. The molecule has 1 heterocycles. The third kappa shape index (κ3) is 6.20. The van der Waals surface area contributed by atoms with Crippen LogP contribution in [-0.2, 0) is 0 Å². The molecular formula is C22H30N4O. The van der Waals surface area contributed by atoms with Crippen molar-refractivity contribution < 1.29 is 4.74 Å². The van der Waals surface area contributed by atoms with Crippen LogP contribution in [0.2, 0.25) is 0 Å². The topological polar surface area (TPSA) is 48.9 Å². The fourth-order valence-corrected chi connectivity index (χ4v) is 3.28. The number of nitrogens with zero attached hydrogens (tertiary/aromatic N) is 2. The van der Waals surface area contributed by atoms with Gasteiger partial charge in [-0.15, -0.1) is 0 Å². The molecule has 1 unspecified atom stereocenters. The molecule has 0 bridgehead atoms. The first-order valence-electron chi connectivity index (χ1n) is 9.80. The standard InChI is InChI=1S/C22H30N4O/c1-23-22(24-15-8-9-17-27-21-12-6-3-7-13-21)25-19-14-16-26(18-19)20-10-4-2-5-11-20/h2-7,10-13,19H,8-9,14-18H2,1H3,(H2,23,24,25). The van der Waals surface area contributed by atoms with Crippen LogP contribution in [-0.4, -0.2) is 45.3 Å². The number of nitrogens with one attached hydrogen (secondary N) is 2. The van der Waals surface area contributed by atoms with Crippen molar-refractivity contribution in [3.63, 3.8) is 0 Å². The second-order valence-corrected chi connectivity index (χ2v) is 6.78. The minimum Gasteiger partial charge on any atom is -0.494 e. The first kappa shape index (κ1) is 19.1. The van der Waals surface area contributed by atoms with E-state index in [0.29, 0.717) is 6.04 Å². The van der Waals surface area contributed by atoms with E-state index in [0.717, 1.165) is 57.2 Å². The van der Waals surface area contributed by atoms with Crippen molar-refractivity contribution in [2.24, 2.45) is 4.99 Å².